The largest absolute Gasteiger partial charge is 0.428 e. The lowest BCUT2D eigenvalue weighted by Crippen LogP contribution is -2.35. The SMILES string of the molecule is CN(C)C(=O)ON1CC=C(c2cc3c(-c4ccc(F)c(NC(=O)c5ccc(C6CC6)cc5)c4)ncnc3[nH]2)CC1. The second kappa shape index (κ2) is 10.5. The molecule has 0 saturated heterocycles. The quantitative estimate of drug-likeness (QED) is 0.330. The number of hydroxylamine groups is 2. The van der Waals surface area contributed by atoms with Crippen molar-refractivity contribution in [2.75, 3.05) is 32.5 Å². The molecular weight excluding hydrogens is 511 g/mol. The molecule has 204 valence electrons. The molecule has 40 heavy (non-hydrogen) atoms. The summed E-state index contributed by atoms with van der Waals surface area (Å²) in [5.41, 5.74) is 5.67. The van der Waals surface area contributed by atoms with Gasteiger partial charge in [-0.1, -0.05) is 18.2 Å². The predicted molar refractivity (Wildman–Crippen MR) is 150 cm³/mol. The number of amides is 2. The van der Waals surface area contributed by atoms with E-state index >= 15 is 0 Å². The first-order chi connectivity index (χ1) is 19.4. The van der Waals surface area contributed by atoms with Crippen molar-refractivity contribution in [1.82, 2.24) is 24.9 Å². The standard InChI is InChI=1S/C30H29FN6O3/c1-36(2)30(39)40-37-13-11-20(12-14-37)25-16-23-27(32-17-33-28(23)34-25)22-9-10-24(31)26(15-22)35-29(38)21-7-5-19(6-8-21)18-3-4-18/h5-11,15-18H,3-4,12-14H2,1-2H3,(H,35,38)(H,32,33,34). The van der Waals surface area contributed by atoms with E-state index in [1.54, 1.807) is 43.4 Å². The van der Waals surface area contributed by atoms with Crippen LogP contribution in [-0.2, 0) is 4.84 Å². The van der Waals surface area contributed by atoms with Crippen LogP contribution in [0, 0.1) is 5.82 Å². The van der Waals surface area contributed by atoms with Gasteiger partial charge < -0.3 is 20.0 Å². The summed E-state index contributed by atoms with van der Waals surface area (Å²) >= 11 is 0. The van der Waals surface area contributed by atoms with Gasteiger partial charge in [-0.2, -0.15) is 0 Å². The topological polar surface area (TPSA) is 103 Å². The molecule has 2 aromatic carbocycles. The van der Waals surface area contributed by atoms with E-state index in [0.717, 1.165) is 16.7 Å². The summed E-state index contributed by atoms with van der Waals surface area (Å²) in [5, 5.41) is 5.11. The summed E-state index contributed by atoms with van der Waals surface area (Å²) in [6.07, 6.45) is 6.10. The van der Waals surface area contributed by atoms with Crippen LogP contribution >= 0.6 is 0 Å². The average Bonchev–Trinajstić information content (AvgIpc) is 3.72. The van der Waals surface area contributed by atoms with Crippen molar-refractivity contribution in [2.45, 2.75) is 25.2 Å². The van der Waals surface area contributed by atoms with Gasteiger partial charge in [0.05, 0.1) is 17.9 Å². The summed E-state index contributed by atoms with van der Waals surface area (Å²) in [6.45, 7) is 1.02. The predicted octanol–water partition coefficient (Wildman–Crippen LogP) is 5.60. The molecule has 1 saturated carbocycles. The number of fused-ring (bicyclic) bond motifs is 1. The highest BCUT2D eigenvalue weighted by Gasteiger charge is 2.24. The molecule has 0 spiro atoms. The third-order valence-electron chi connectivity index (χ3n) is 7.23. The summed E-state index contributed by atoms with van der Waals surface area (Å²) in [4.78, 5) is 43.7. The lowest BCUT2D eigenvalue weighted by Gasteiger charge is -2.25. The summed E-state index contributed by atoms with van der Waals surface area (Å²) < 4.78 is 14.8. The minimum absolute atomic E-state index is 0.0821. The highest BCUT2D eigenvalue weighted by Crippen LogP contribution is 2.40. The number of nitrogens with one attached hydrogen (secondary N) is 2. The molecular formula is C30H29FN6O3. The number of carbonyl (C=O) groups excluding carboxylic acids is 2. The number of carbonyl (C=O) groups is 2. The van der Waals surface area contributed by atoms with E-state index in [9.17, 15) is 14.0 Å². The molecule has 9 nitrogen and oxygen atoms in total. The molecule has 1 aliphatic heterocycles. The van der Waals surface area contributed by atoms with Crippen molar-refractivity contribution < 1.29 is 18.8 Å². The highest BCUT2D eigenvalue weighted by atomic mass is 19.1. The number of nitrogens with zero attached hydrogens (tertiary/aromatic N) is 4. The van der Waals surface area contributed by atoms with E-state index in [1.165, 1.54) is 35.7 Å². The Bertz CT molecular complexity index is 1620. The molecule has 0 radical (unpaired) electrons. The second-order valence-corrected chi connectivity index (χ2v) is 10.3. The number of H-pyrrole nitrogens is 1. The average molecular weight is 541 g/mol. The van der Waals surface area contributed by atoms with E-state index in [-0.39, 0.29) is 11.6 Å². The number of hydrogen-bond acceptors (Lipinski definition) is 6. The molecule has 2 amide bonds. The fourth-order valence-electron chi connectivity index (χ4n) is 4.80. The molecule has 1 fully saturated rings. The van der Waals surface area contributed by atoms with Gasteiger partial charge in [-0.05, 0) is 72.7 Å². The summed E-state index contributed by atoms with van der Waals surface area (Å²) in [7, 11) is 3.28. The normalized spacial score (nSPS) is 15.5. The number of aromatic nitrogens is 3. The Morgan fingerprint density at radius 2 is 1.90 bits per heavy atom. The number of rotatable bonds is 6. The van der Waals surface area contributed by atoms with Crippen molar-refractivity contribution in [3.05, 3.63) is 83.6 Å². The van der Waals surface area contributed by atoms with E-state index in [1.807, 2.05) is 24.3 Å². The lowest BCUT2D eigenvalue weighted by molar-refractivity contribution is -0.101. The summed E-state index contributed by atoms with van der Waals surface area (Å²) in [5.74, 6) is -0.301. The van der Waals surface area contributed by atoms with Gasteiger partial charge in [0.25, 0.3) is 5.91 Å². The van der Waals surface area contributed by atoms with Crippen LogP contribution in [0.3, 0.4) is 0 Å². The molecule has 4 aromatic rings. The molecule has 1 aliphatic carbocycles. The van der Waals surface area contributed by atoms with Crippen LogP contribution in [-0.4, -0.2) is 64.1 Å². The molecule has 0 atom stereocenters. The van der Waals surface area contributed by atoms with Gasteiger partial charge in [-0.25, -0.2) is 19.2 Å². The molecule has 0 unspecified atom stereocenters. The fourth-order valence-corrected chi connectivity index (χ4v) is 4.80. The lowest BCUT2D eigenvalue weighted by atomic mass is 10.0. The van der Waals surface area contributed by atoms with Crippen molar-refractivity contribution in [3.63, 3.8) is 0 Å². The maximum atomic E-state index is 14.8. The maximum Gasteiger partial charge on any atom is 0.428 e. The minimum Gasteiger partial charge on any atom is -0.351 e. The first-order valence-electron chi connectivity index (χ1n) is 13.2. The van der Waals surface area contributed by atoms with Crippen molar-refractivity contribution in [2.24, 2.45) is 0 Å². The Hall–Kier alpha value is -4.57. The maximum absolute atomic E-state index is 14.8. The Labute approximate surface area is 230 Å². The van der Waals surface area contributed by atoms with E-state index in [0.29, 0.717) is 47.9 Å². The zero-order chi connectivity index (χ0) is 27.8. The Balaban J connectivity index is 1.22. The molecule has 2 aliphatic rings. The van der Waals surface area contributed by atoms with Crippen LogP contribution in [0.2, 0.25) is 0 Å². The zero-order valence-corrected chi connectivity index (χ0v) is 22.3. The third-order valence-corrected chi connectivity index (χ3v) is 7.23. The first-order valence-corrected chi connectivity index (χ1v) is 13.2. The van der Waals surface area contributed by atoms with Gasteiger partial charge in [0.1, 0.15) is 17.8 Å². The molecule has 10 heteroatoms. The van der Waals surface area contributed by atoms with Crippen molar-refractivity contribution in [3.8, 4) is 11.3 Å². The van der Waals surface area contributed by atoms with Crippen LogP contribution in [0.5, 0.6) is 0 Å². The molecule has 2 aromatic heterocycles. The smallest absolute Gasteiger partial charge is 0.351 e. The fraction of sp³-hybridized carbons (Fsp3) is 0.267. The van der Waals surface area contributed by atoms with E-state index in [2.05, 4.69) is 20.3 Å². The van der Waals surface area contributed by atoms with Crippen LogP contribution < -0.4 is 5.32 Å². The van der Waals surface area contributed by atoms with Crippen molar-refractivity contribution >= 4 is 34.3 Å². The molecule has 0 bridgehead atoms. The van der Waals surface area contributed by atoms with E-state index < -0.39 is 11.9 Å². The number of halogens is 1. The molecule has 6 rings (SSSR count). The van der Waals surface area contributed by atoms with Gasteiger partial charge in [0.15, 0.2) is 0 Å². The van der Waals surface area contributed by atoms with Gasteiger partial charge >= 0.3 is 6.09 Å². The zero-order valence-electron chi connectivity index (χ0n) is 22.3. The van der Waals surface area contributed by atoms with Crippen LogP contribution in [0.25, 0.3) is 27.9 Å². The first kappa shape index (κ1) is 25.7. The molecule has 3 heterocycles. The third kappa shape index (κ3) is 5.30. The van der Waals surface area contributed by atoms with Gasteiger partial charge in [0.2, 0.25) is 0 Å². The van der Waals surface area contributed by atoms with Crippen LogP contribution in [0.15, 0.2) is 60.9 Å². The Morgan fingerprint density at radius 3 is 2.60 bits per heavy atom. The number of aromatic amines is 1. The minimum atomic E-state index is -0.529. The Kier molecular flexibility index (Phi) is 6.77. The Morgan fingerprint density at radius 1 is 1.10 bits per heavy atom. The monoisotopic (exact) mass is 540 g/mol. The van der Waals surface area contributed by atoms with Gasteiger partial charge in [0, 0.05) is 42.8 Å². The van der Waals surface area contributed by atoms with Crippen LogP contribution in [0.1, 0.15) is 46.8 Å². The van der Waals surface area contributed by atoms with E-state index in [4.69, 9.17) is 4.84 Å². The number of hydrogen-bond donors (Lipinski definition) is 2. The van der Waals surface area contributed by atoms with Gasteiger partial charge in [-0.15, -0.1) is 5.06 Å². The van der Waals surface area contributed by atoms with Crippen molar-refractivity contribution in [1.29, 1.82) is 0 Å². The highest BCUT2D eigenvalue weighted by molar-refractivity contribution is 6.05. The molecule has 2 N–H and O–H groups in total. The van der Waals surface area contributed by atoms with Gasteiger partial charge in [-0.3, -0.25) is 4.79 Å². The second-order valence-electron chi connectivity index (χ2n) is 10.3. The number of benzene rings is 2. The number of anilines is 1. The summed E-state index contributed by atoms with van der Waals surface area (Å²) in [6, 6.07) is 14.0. The van der Waals surface area contributed by atoms with Crippen LogP contribution in [0.4, 0.5) is 14.9 Å².